The van der Waals surface area contributed by atoms with E-state index in [-0.39, 0.29) is 0 Å². The molecule has 2 atom stereocenters. The molecule has 0 unspecified atom stereocenters. The molecule has 4 nitrogen and oxygen atoms in total. The van der Waals surface area contributed by atoms with Crippen molar-refractivity contribution in [3.8, 4) is 5.75 Å². The molecule has 1 saturated carbocycles. The first-order valence-electron chi connectivity index (χ1n) is 7.75. The largest absolute Gasteiger partial charge is 0.494 e. The third-order valence-corrected chi connectivity index (χ3v) is 4.41. The summed E-state index contributed by atoms with van der Waals surface area (Å²) in [4.78, 5) is 14.0. The van der Waals surface area contributed by atoms with E-state index in [0.717, 1.165) is 36.9 Å². The van der Waals surface area contributed by atoms with Crippen molar-refractivity contribution in [3.63, 3.8) is 0 Å². The fourth-order valence-electron chi connectivity index (χ4n) is 3.44. The number of rotatable bonds is 5. The predicted molar refractivity (Wildman–Crippen MR) is 83.7 cm³/mol. The van der Waals surface area contributed by atoms with Crippen LogP contribution in [-0.4, -0.2) is 24.0 Å². The quantitative estimate of drug-likeness (QED) is 0.828. The number of nitrogens with one attached hydrogen (secondary N) is 2. The molecule has 1 aliphatic rings. The van der Waals surface area contributed by atoms with Gasteiger partial charge in [0.15, 0.2) is 0 Å². The van der Waals surface area contributed by atoms with Gasteiger partial charge >= 0.3 is 0 Å². The molecule has 4 heteroatoms. The van der Waals surface area contributed by atoms with Crippen LogP contribution in [0.1, 0.15) is 44.1 Å². The Morgan fingerprint density at radius 3 is 3.14 bits per heavy atom. The van der Waals surface area contributed by atoms with E-state index in [9.17, 15) is 4.79 Å². The third kappa shape index (κ3) is 2.89. The lowest BCUT2D eigenvalue weighted by atomic mass is 9.81. The molecule has 2 N–H and O–H groups in total. The molecule has 1 amide bonds. The van der Waals surface area contributed by atoms with Crippen LogP contribution in [0, 0.1) is 0 Å². The van der Waals surface area contributed by atoms with E-state index in [1.165, 1.54) is 17.4 Å². The van der Waals surface area contributed by atoms with Crippen molar-refractivity contribution >= 4 is 17.3 Å². The molecule has 0 bridgehead atoms. The zero-order chi connectivity index (χ0) is 14.7. The number of hydrogen-bond donors (Lipinski definition) is 2. The number of amides is 1. The molecule has 0 radical (unpaired) electrons. The van der Waals surface area contributed by atoms with Gasteiger partial charge in [-0.05, 0) is 55.9 Å². The monoisotopic (exact) mass is 286 g/mol. The minimum Gasteiger partial charge on any atom is -0.494 e. The molecule has 1 aliphatic carbocycles. The van der Waals surface area contributed by atoms with Gasteiger partial charge in [0.1, 0.15) is 5.75 Å². The summed E-state index contributed by atoms with van der Waals surface area (Å²) < 4.78 is 5.61. The summed E-state index contributed by atoms with van der Waals surface area (Å²) in [5.41, 5.74) is 2.50. The maximum atomic E-state index is 10.7. The second-order valence-corrected chi connectivity index (χ2v) is 5.73. The van der Waals surface area contributed by atoms with Gasteiger partial charge in [0.05, 0.1) is 6.61 Å². The first kappa shape index (κ1) is 14.0. The lowest BCUT2D eigenvalue weighted by molar-refractivity contribution is -0.110. The van der Waals surface area contributed by atoms with Gasteiger partial charge < -0.3 is 15.0 Å². The molecule has 1 aromatic carbocycles. The van der Waals surface area contributed by atoms with Crippen molar-refractivity contribution in [2.45, 2.75) is 44.6 Å². The lowest BCUT2D eigenvalue weighted by Crippen LogP contribution is -2.32. The number of carbonyl (C=O) groups excluding carboxylic acids is 1. The van der Waals surface area contributed by atoms with Crippen molar-refractivity contribution in [1.29, 1.82) is 0 Å². The van der Waals surface area contributed by atoms with Gasteiger partial charge in [-0.2, -0.15) is 0 Å². The summed E-state index contributed by atoms with van der Waals surface area (Å²) in [5.74, 6) is 1.42. The molecule has 1 aromatic heterocycles. The Bertz CT molecular complexity index is 620. The summed E-state index contributed by atoms with van der Waals surface area (Å²) in [6, 6.07) is 6.51. The number of benzene rings is 1. The van der Waals surface area contributed by atoms with Crippen molar-refractivity contribution < 1.29 is 9.53 Å². The Morgan fingerprint density at radius 1 is 1.43 bits per heavy atom. The van der Waals surface area contributed by atoms with Crippen molar-refractivity contribution in [2.75, 3.05) is 6.61 Å². The van der Waals surface area contributed by atoms with Gasteiger partial charge in [-0.3, -0.25) is 4.79 Å². The number of fused-ring (bicyclic) bond motifs is 1. The molecular formula is C17H22N2O2. The standard InChI is InChI=1S/C17H22N2O2/c1-2-21-14-6-7-17-15(9-14)16(10-18-17)12-4-3-5-13(8-12)19-11-20/h6-7,9-13,18H,2-5,8H2,1H3,(H,19,20)/t12-,13+/m0/s1. The van der Waals surface area contributed by atoms with E-state index in [1.807, 2.05) is 13.0 Å². The number of H-pyrrole nitrogens is 1. The molecule has 21 heavy (non-hydrogen) atoms. The fraction of sp³-hybridized carbons (Fsp3) is 0.471. The average molecular weight is 286 g/mol. The second-order valence-electron chi connectivity index (χ2n) is 5.73. The maximum Gasteiger partial charge on any atom is 0.207 e. The van der Waals surface area contributed by atoms with Crippen LogP contribution in [-0.2, 0) is 4.79 Å². The molecular weight excluding hydrogens is 264 g/mol. The molecule has 1 fully saturated rings. The smallest absolute Gasteiger partial charge is 0.207 e. The molecule has 3 rings (SSSR count). The SMILES string of the molecule is CCOc1ccc2[nH]cc([C@H]3CCC[C@@H](NC=O)C3)c2c1. The van der Waals surface area contributed by atoms with E-state index in [0.29, 0.717) is 18.6 Å². The van der Waals surface area contributed by atoms with E-state index in [4.69, 9.17) is 4.74 Å². The topological polar surface area (TPSA) is 54.1 Å². The Kier molecular flexibility index (Phi) is 4.13. The van der Waals surface area contributed by atoms with Gasteiger partial charge in [-0.15, -0.1) is 0 Å². The van der Waals surface area contributed by atoms with Crippen molar-refractivity contribution in [2.24, 2.45) is 0 Å². The van der Waals surface area contributed by atoms with E-state index in [1.54, 1.807) is 0 Å². The second kappa shape index (κ2) is 6.20. The number of hydrogen-bond acceptors (Lipinski definition) is 2. The fourth-order valence-corrected chi connectivity index (χ4v) is 3.44. The highest BCUT2D eigenvalue weighted by Gasteiger charge is 2.24. The van der Waals surface area contributed by atoms with Gasteiger partial charge in [0.25, 0.3) is 0 Å². The van der Waals surface area contributed by atoms with E-state index < -0.39 is 0 Å². The molecule has 1 heterocycles. The van der Waals surface area contributed by atoms with E-state index >= 15 is 0 Å². The van der Waals surface area contributed by atoms with Crippen molar-refractivity contribution in [1.82, 2.24) is 10.3 Å². The van der Waals surface area contributed by atoms with Crippen LogP contribution >= 0.6 is 0 Å². The zero-order valence-corrected chi connectivity index (χ0v) is 12.4. The lowest BCUT2D eigenvalue weighted by Gasteiger charge is -2.28. The van der Waals surface area contributed by atoms with Gasteiger partial charge in [0.2, 0.25) is 6.41 Å². The Morgan fingerprint density at radius 2 is 2.33 bits per heavy atom. The highest BCUT2D eigenvalue weighted by Crippen LogP contribution is 2.37. The van der Waals surface area contributed by atoms with Gasteiger partial charge in [-0.1, -0.05) is 6.42 Å². The Hall–Kier alpha value is -1.97. The summed E-state index contributed by atoms with van der Waals surface area (Å²) in [7, 11) is 0. The highest BCUT2D eigenvalue weighted by molar-refractivity contribution is 5.85. The van der Waals surface area contributed by atoms with Gasteiger partial charge in [-0.25, -0.2) is 0 Å². The first-order chi connectivity index (χ1) is 10.3. The number of ether oxygens (including phenoxy) is 1. The molecule has 2 aromatic rings. The summed E-state index contributed by atoms with van der Waals surface area (Å²) in [6.45, 7) is 2.68. The first-order valence-corrected chi connectivity index (χ1v) is 7.75. The highest BCUT2D eigenvalue weighted by atomic mass is 16.5. The molecule has 0 spiro atoms. The molecule has 112 valence electrons. The predicted octanol–water partition coefficient (Wildman–Crippen LogP) is 3.34. The molecule has 0 aliphatic heterocycles. The molecule has 0 saturated heterocycles. The average Bonchev–Trinajstić information content (AvgIpc) is 2.91. The van der Waals surface area contributed by atoms with Crippen LogP contribution in [0.4, 0.5) is 0 Å². The Balaban J connectivity index is 1.88. The van der Waals surface area contributed by atoms with Crippen LogP contribution in [0.3, 0.4) is 0 Å². The minimum absolute atomic E-state index is 0.307. The Labute approximate surface area is 124 Å². The van der Waals surface area contributed by atoms with Crippen molar-refractivity contribution in [3.05, 3.63) is 30.0 Å². The van der Waals surface area contributed by atoms with Crippen LogP contribution in [0.5, 0.6) is 5.75 Å². The summed E-state index contributed by atoms with van der Waals surface area (Å²) >= 11 is 0. The zero-order valence-electron chi connectivity index (χ0n) is 12.4. The number of carbonyl (C=O) groups is 1. The summed E-state index contributed by atoms with van der Waals surface area (Å²) in [5, 5.41) is 4.19. The maximum absolute atomic E-state index is 10.7. The third-order valence-electron chi connectivity index (χ3n) is 4.41. The van der Waals surface area contributed by atoms with Crippen LogP contribution in [0.25, 0.3) is 10.9 Å². The number of aromatic amines is 1. The van der Waals surface area contributed by atoms with E-state index in [2.05, 4.69) is 28.6 Å². The van der Waals surface area contributed by atoms with Crippen LogP contribution in [0.2, 0.25) is 0 Å². The minimum atomic E-state index is 0.307. The van der Waals surface area contributed by atoms with Crippen LogP contribution in [0.15, 0.2) is 24.4 Å². The number of aromatic nitrogens is 1. The summed E-state index contributed by atoms with van der Waals surface area (Å²) in [6.07, 6.45) is 7.40. The normalized spacial score (nSPS) is 22.1. The van der Waals surface area contributed by atoms with Gasteiger partial charge in [0, 0.05) is 23.1 Å². The van der Waals surface area contributed by atoms with Crippen LogP contribution < -0.4 is 10.1 Å².